The number of carbonyl (C=O) groups excluding carboxylic acids is 1. The summed E-state index contributed by atoms with van der Waals surface area (Å²) < 4.78 is 30.7. The van der Waals surface area contributed by atoms with Crippen LogP contribution in [0.1, 0.15) is 44.9 Å². The Morgan fingerprint density at radius 3 is 2.52 bits per heavy atom. The third kappa shape index (κ3) is 12.4. The van der Waals surface area contributed by atoms with Gasteiger partial charge in [-0.05, 0) is 57.9 Å². The molecule has 6 aliphatic rings. The molecule has 14 N–H and O–H groups in total. The van der Waals surface area contributed by atoms with Crippen LogP contribution in [0.2, 0.25) is 0 Å². The minimum absolute atomic E-state index is 0.0731. The van der Waals surface area contributed by atoms with Gasteiger partial charge in [-0.1, -0.05) is 45.4 Å². The summed E-state index contributed by atoms with van der Waals surface area (Å²) in [5.74, 6) is -6.42. The number of quaternary nitrogens is 1. The summed E-state index contributed by atoms with van der Waals surface area (Å²) >= 11 is 0. The van der Waals surface area contributed by atoms with Gasteiger partial charge in [0.05, 0.1) is 49.0 Å². The molecule has 370 valence electrons. The van der Waals surface area contributed by atoms with E-state index < -0.39 is 92.0 Å². The number of allylic oxidation sites excluding steroid dienone is 2. The van der Waals surface area contributed by atoms with Crippen LogP contribution in [0.3, 0.4) is 0 Å². The van der Waals surface area contributed by atoms with E-state index in [1.165, 1.54) is 41.1 Å². The van der Waals surface area contributed by atoms with E-state index in [9.17, 15) is 55.5 Å². The van der Waals surface area contributed by atoms with Crippen LogP contribution in [0.5, 0.6) is 0 Å². The first-order valence-corrected chi connectivity index (χ1v) is 24.9. The zero-order valence-electron chi connectivity index (χ0n) is 36.9. The van der Waals surface area contributed by atoms with Gasteiger partial charge < -0.3 is 80.7 Å². The normalized spacial score (nSPS) is 35.1. The number of carbonyl (C=O) groups is 2. The largest absolute Gasteiger partial charge is 0.477 e. The maximum Gasteiger partial charge on any atom is 0.343 e. The first-order valence-electron chi connectivity index (χ1n) is 22.4. The monoisotopic (exact) mass is 972 g/mol. The lowest BCUT2D eigenvalue weighted by atomic mass is 9.81. The number of hydrogen-bond donors (Lipinski definition) is 13. The molecule has 1 saturated heterocycles. The van der Waals surface area contributed by atoms with Crippen molar-refractivity contribution in [3.63, 3.8) is 0 Å². The topological polar surface area (TPSA) is 329 Å². The number of nitrogens with zero attached hydrogens (tertiary/aromatic N) is 1. The quantitative estimate of drug-likeness (QED) is 0.0151. The summed E-state index contributed by atoms with van der Waals surface area (Å²) in [7, 11) is 4.47. The van der Waals surface area contributed by atoms with Crippen LogP contribution in [0.15, 0.2) is 63.7 Å². The van der Waals surface area contributed by atoms with Gasteiger partial charge in [0.25, 0.3) is 0 Å². The Hall–Kier alpha value is -3.11. The molecule has 3 fully saturated rings. The number of aliphatic hydroxyl groups is 8. The fraction of sp³-hybridized carbons (Fsp3) is 0.698. The van der Waals surface area contributed by atoms with Gasteiger partial charge in [0.15, 0.2) is 18.4 Å². The second-order valence-corrected chi connectivity index (χ2v) is 19.8. The van der Waals surface area contributed by atoms with Crippen LogP contribution >= 0.6 is 21.6 Å². The molecule has 0 spiro atoms. The molecule has 4 aliphatic heterocycles. The summed E-state index contributed by atoms with van der Waals surface area (Å²) in [5, 5.41) is 100. The predicted octanol–water partition coefficient (Wildman–Crippen LogP) is -2.69. The van der Waals surface area contributed by atoms with E-state index in [2.05, 4.69) is 15.6 Å². The molecular formula is C43H66N5O16S2+. The maximum absolute atomic E-state index is 14.6. The molecule has 66 heavy (non-hydrogen) atoms. The average molecular weight is 973 g/mol. The number of likely N-dealkylation sites (N-methyl/N-ethyl adjacent to an activating group) is 1. The van der Waals surface area contributed by atoms with Crippen molar-refractivity contribution >= 4 is 39.5 Å². The van der Waals surface area contributed by atoms with Crippen LogP contribution in [0, 0.1) is 23.7 Å². The Bertz CT molecular complexity index is 1850. The van der Waals surface area contributed by atoms with Crippen LogP contribution in [-0.4, -0.2) is 184 Å². The first kappa shape index (κ1) is 52.3. The number of nitrogens with two attached hydrogens (primary N) is 1. The number of fused-ring (bicyclic) bond motifs is 4. The molecule has 0 radical (unpaired) electrons. The Balaban J connectivity index is 1.50. The second-order valence-electron chi connectivity index (χ2n) is 17.2. The SMILES string of the molecule is CN[C@@H](CO)O[C@H]1[C@H](O[C@@H]2OC=C3C(=O)O[C@@H]4CC[C@@H](CO)[C@H]4CSSC[C@H](CO)[NH+]4C=C(C(=O)O)C(NC(N)=NCCCO)=C(/C=C/[C@H]3[C@H]2C=C2CCCC2)C4)O[C@H](CO)[C@@H](O)C1(O)O. The van der Waals surface area contributed by atoms with Crippen LogP contribution in [-0.2, 0) is 33.3 Å². The lowest BCUT2D eigenvalue weighted by Crippen LogP contribution is -3.13. The third-order valence-electron chi connectivity index (χ3n) is 13.0. The standard InChI is InChI=1S/C43H65N5O16S2/c1-45-34(19-53)63-37-41(62-33(18-52)36(54)43(37,58)59)64-40-28(13-23-5-2-3-6-23)27-9-7-24-14-48(15-29(38(55)56)35(24)47-42(44)46-11-4-12-49)26(17-51)21-65-66-22-31-25(16-50)8-10-32(31)61-39(57)30(27)20-60-40/h7,9,13,15,20,25-28,31-34,36-37,40-41,45,49-54,58-59H,2-6,8,10-12,14,16-19,21-22H2,1H3,(H,55,56)(H3,44,46,47)/p+1/b9-7+/t25-,26-,27-,28+,31+,32+,33+,34+,36+,37-,40-,41-/m0/s1. The summed E-state index contributed by atoms with van der Waals surface area (Å²) in [5.41, 5.74) is 7.76. The Morgan fingerprint density at radius 2 is 1.85 bits per heavy atom. The van der Waals surface area contributed by atoms with E-state index >= 15 is 0 Å². The summed E-state index contributed by atoms with van der Waals surface area (Å²) in [4.78, 5) is 32.6. The molecule has 0 aromatic heterocycles. The molecule has 2 aliphatic carbocycles. The number of nitrogens with one attached hydrogen (secondary N) is 3. The van der Waals surface area contributed by atoms with Crippen LogP contribution in [0.4, 0.5) is 0 Å². The molecular weight excluding hydrogens is 907 g/mol. The summed E-state index contributed by atoms with van der Waals surface area (Å²) in [6, 6.07) is -0.460. The Labute approximate surface area is 390 Å². The van der Waals surface area contributed by atoms with Gasteiger partial charge in [0.1, 0.15) is 48.9 Å². The van der Waals surface area contributed by atoms with E-state index in [-0.39, 0.29) is 67.5 Å². The molecule has 2 bridgehead atoms. The molecule has 13 atom stereocenters. The van der Waals surface area contributed by atoms with Gasteiger partial charge in [-0.15, -0.1) is 0 Å². The minimum atomic E-state index is -3.08. The van der Waals surface area contributed by atoms with Gasteiger partial charge in [-0.2, -0.15) is 0 Å². The average Bonchev–Trinajstić information content (AvgIpc) is 3.97. The molecule has 6 rings (SSSR count). The van der Waals surface area contributed by atoms with Crippen molar-refractivity contribution in [1.29, 1.82) is 0 Å². The highest BCUT2D eigenvalue weighted by atomic mass is 33.1. The van der Waals surface area contributed by atoms with Crippen molar-refractivity contribution in [2.45, 2.75) is 100.0 Å². The number of aliphatic imine (C=N–C) groups is 1. The first-order chi connectivity index (χ1) is 31.8. The fourth-order valence-electron chi connectivity index (χ4n) is 9.19. The summed E-state index contributed by atoms with van der Waals surface area (Å²) in [6.45, 7) is -1.69. The molecule has 0 aromatic rings. The molecule has 0 amide bonds. The van der Waals surface area contributed by atoms with Crippen molar-refractivity contribution in [2.24, 2.45) is 34.4 Å². The van der Waals surface area contributed by atoms with Crippen LogP contribution < -0.4 is 21.3 Å². The molecule has 23 heteroatoms. The Morgan fingerprint density at radius 1 is 1.09 bits per heavy atom. The fourth-order valence-corrected chi connectivity index (χ4v) is 12.1. The highest BCUT2D eigenvalue weighted by Crippen LogP contribution is 2.43. The smallest absolute Gasteiger partial charge is 0.343 e. The number of ether oxygens (including phenoxy) is 5. The number of rotatable bonds is 15. The van der Waals surface area contributed by atoms with Crippen molar-refractivity contribution in [2.75, 3.05) is 64.7 Å². The zero-order chi connectivity index (χ0) is 47.5. The van der Waals surface area contributed by atoms with E-state index in [0.29, 0.717) is 54.1 Å². The highest BCUT2D eigenvalue weighted by molar-refractivity contribution is 8.76. The van der Waals surface area contributed by atoms with Gasteiger partial charge in [-0.25, -0.2) is 9.59 Å². The maximum atomic E-state index is 14.6. The molecule has 4 heterocycles. The van der Waals surface area contributed by atoms with Crippen LogP contribution in [0.25, 0.3) is 0 Å². The molecule has 21 nitrogen and oxygen atoms in total. The van der Waals surface area contributed by atoms with Gasteiger partial charge in [-0.3, -0.25) is 15.2 Å². The lowest BCUT2D eigenvalue weighted by Gasteiger charge is -2.48. The number of aliphatic hydroxyl groups excluding tert-OH is 6. The van der Waals surface area contributed by atoms with Gasteiger partial charge in [0, 0.05) is 42.9 Å². The van der Waals surface area contributed by atoms with Gasteiger partial charge >= 0.3 is 11.9 Å². The Kier molecular flexibility index (Phi) is 19.4. The minimum Gasteiger partial charge on any atom is -0.477 e. The number of hydrogen-bond acceptors (Lipinski definition) is 19. The lowest BCUT2D eigenvalue weighted by molar-refractivity contribution is -0.867. The number of carboxylic acids is 1. The molecule has 1 unspecified atom stereocenters. The van der Waals surface area contributed by atoms with E-state index in [1.54, 1.807) is 12.2 Å². The van der Waals surface area contributed by atoms with Gasteiger partial charge in [0.2, 0.25) is 12.1 Å². The molecule has 2 saturated carbocycles. The number of guanidine groups is 1. The number of aliphatic carboxylic acids is 1. The van der Waals surface area contributed by atoms with E-state index in [1.807, 2.05) is 6.08 Å². The zero-order valence-corrected chi connectivity index (χ0v) is 38.5. The van der Waals surface area contributed by atoms with Crippen molar-refractivity contribution in [1.82, 2.24) is 10.6 Å². The highest BCUT2D eigenvalue weighted by Gasteiger charge is 2.58. The van der Waals surface area contributed by atoms with Crippen molar-refractivity contribution < 1.29 is 84.1 Å². The third-order valence-corrected chi connectivity index (χ3v) is 15.5. The van der Waals surface area contributed by atoms with Crippen molar-refractivity contribution in [3.05, 3.63) is 58.7 Å². The van der Waals surface area contributed by atoms with E-state index in [4.69, 9.17) is 29.4 Å². The predicted molar refractivity (Wildman–Crippen MR) is 239 cm³/mol. The summed E-state index contributed by atoms with van der Waals surface area (Å²) in [6.07, 6.45) is 2.23. The number of esters is 1. The molecule has 0 aromatic carbocycles. The second kappa shape index (κ2) is 24.4. The van der Waals surface area contributed by atoms with E-state index in [0.717, 1.165) is 18.4 Å². The van der Waals surface area contributed by atoms with Crippen molar-refractivity contribution in [3.8, 4) is 0 Å². The number of carboxylic acid groups (broad SMARTS) is 1.